The van der Waals surface area contributed by atoms with Crippen LogP contribution in [0.3, 0.4) is 0 Å². The highest BCUT2D eigenvalue weighted by molar-refractivity contribution is 5.95. The molecule has 5 atom stereocenters. The van der Waals surface area contributed by atoms with E-state index in [-0.39, 0.29) is 24.5 Å². The maximum Gasteiger partial charge on any atom is 0.326 e. The molecule has 0 spiro atoms. The number of aliphatic hydroxyl groups excluding tert-OH is 1. The topological polar surface area (TPSA) is 228 Å². The summed E-state index contributed by atoms with van der Waals surface area (Å²) in [5.41, 5.74) is 6.04. The van der Waals surface area contributed by atoms with E-state index in [1.165, 1.54) is 31.2 Å². The van der Waals surface area contributed by atoms with E-state index >= 15 is 0 Å². The lowest BCUT2D eigenvalue weighted by molar-refractivity contribution is -0.142. The van der Waals surface area contributed by atoms with Crippen molar-refractivity contribution in [3.63, 3.8) is 0 Å². The zero-order valence-corrected chi connectivity index (χ0v) is 20.3. The molecule has 0 aromatic heterocycles. The van der Waals surface area contributed by atoms with Gasteiger partial charge in [0.15, 0.2) is 0 Å². The summed E-state index contributed by atoms with van der Waals surface area (Å²) in [5, 5.41) is 44.7. The molecule has 1 aromatic rings. The summed E-state index contributed by atoms with van der Waals surface area (Å²) < 4.78 is 0. The van der Waals surface area contributed by atoms with Crippen molar-refractivity contribution in [1.29, 1.82) is 0 Å². The smallest absolute Gasteiger partial charge is 0.326 e. The number of carbonyl (C=O) groups is 5. The van der Waals surface area contributed by atoms with Gasteiger partial charge in [-0.2, -0.15) is 0 Å². The summed E-state index contributed by atoms with van der Waals surface area (Å²) in [5.74, 6) is -5.46. The molecule has 0 heterocycles. The molecule has 5 unspecified atom stereocenters. The SMILES string of the molecule is CC(C)CC(NC(=O)C(NC(=O)C(N)CC(=O)O)C(C)O)C(=O)NC(Cc1ccc(O)cc1)C(=O)O. The Labute approximate surface area is 208 Å². The molecular formula is C23H34N4O9. The predicted molar refractivity (Wildman–Crippen MR) is 127 cm³/mol. The van der Waals surface area contributed by atoms with Gasteiger partial charge in [0.2, 0.25) is 17.7 Å². The molecule has 36 heavy (non-hydrogen) atoms. The van der Waals surface area contributed by atoms with Crippen molar-refractivity contribution in [2.24, 2.45) is 11.7 Å². The molecule has 13 nitrogen and oxygen atoms in total. The van der Waals surface area contributed by atoms with Crippen LogP contribution in [0.2, 0.25) is 0 Å². The number of rotatable bonds is 14. The zero-order chi connectivity index (χ0) is 27.6. The minimum atomic E-state index is -1.55. The van der Waals surface area contributed by atoms with Crippen LogP contribution in [-0.2, 0) is 30.4 Å². The van der Waals surface area contributed by atoms with Gasteiger partial charge < -0.3 is 42.1 Å². The molecule has 0 radical (unpaired) electrons. The van der Waals surface area contributed by atoms with Gasteiger partial charge in [-0.05, 0) is 37.0 Å². The molecular weight excluding hydrogens is 476 g/mol. The van der Waals surface area contributed by atoms with Crippen molar-refractivity contribution in [1.82, 2.24) is 16.0 Å². The first-order chi connectivity index (χ1) is 16.7. The first-order valence-corrected chi connectivity index (χ1v) is 11.3. The molecule has 1 rings (SSSR count). The van der Waals surface area contributed by atoms with Crippen molar-refractivity contribution < 1.29 is 44.4 Å². The predicted octanol–water partition coefficient (Wildman–Crippen LogP) is -1.30. The quantitative estimate of drug-likeness (QED) is 0.147. The molecule has 0 bridgehead atoms. The Balaban J connectivity index is 2.99. The molecule has 200 valence electrons. The van der Waals surface area contributed by atoms with E-state index in [1.807, 2.05) is 0 Å². The minimum Gasteiger partial charge on any atom is -0.508 e. The van der Waals surface area contributed by atoms with Gasteiger partial charge in [-0.25, -0.2) is 4.79 Å². The van der Waals surface area contributed by atoms with Gasteiger partial charge in [-0.15, -0.1) is 0 Å². The molecule has 0 aliphatic heterocycles. The molecule has 3 amide bonds. The Morgan fingerprint density at radius 1 is 0.861 bits per heavy atom. The Morgan fingerprint density at radius 2 is 1.42 bits per heavy atom. The van der Waals surface area contributed by atoms with Crippen LogP contribution in [0.1, 0.15) is 39.2 Å². The van der Waals surface area contributed by atoms with E-state index in [0.29, 0.717) is 5.56 Å². The monoisotopic (exact) mass is 510 g/mol. The molecule has 0 aliphatic carbocycles. The molecule has 9 N–H and O–H groups in total. The summed E-state index contributed by atoms with van der Waals surface area (Å²) >= 11 is 0. The van der Waals surface area contributed by atoms with E-state index in [0.717, 1.165) is 0 Å². The number of carbonyl (C=O) groups excluding carboxylic acids is 3. The second kappa shape index (κ2) is 14.0. The number of phenols is 1. The summed E-state index contributed by atoms with van der Waals surface area (Å²) in [4.78, 5) is 60.5. The van der Waals surface area contributed by atoms with Crippen LogP contribution >= 0.6 is 0 Å². The fourth-order valence-electron chi connectivity index (χ4n) is 3.25. The van der Waals surface area contributed by atoms with Crippen LogP contribution in [0, 0.1) is 5.92 Å². The van der Waals surface area contributed by atoms with E-state index in [1.54, 1.807) is 13.8 Å². The second-order valence-electron chi connectivity index (χ2n) is 8.89. The lowest BCUT2D eigenvalue weighted by Crippen LogP contribution is -2.60. The highest BCUT2D eigenvalue weighted by atomic mass is 16.4. The number of carboxylic acid groups (broad SMARTS) is 2. The van der Waals surface area contributed by atoms with Gasteiger partial charge in [-0.1, -0.05) is 26.0 Å². The normalized spacial score (nSPS) is 15.2. The number of amides is 3. The summed E-state index contributed by atoms with van der Waals surface area (Å²) in [6, 6.07) is 0.218. The standard InChI is InChI=1S/C23H34N4O9/c1-11(2)8-16(21(33)26-17(23(35)36)9-13-4-6-14(29)7-5-13)25-22(34)19(12(3)28)27-20(32)15(24)10-18(30)31/h4-7,11-12,15-17,19,28-29H,8-10,24H2,1-3H3,(H,25,34)(H,26,33)(H,27,32)(H,30,31)(H,35,36). The Hall–Kier alpha value is -3.71. The van der Waals surface area contributed by atoms with E-state index in [9.17, 15) is 39.3 Å². The average molecular weight is 511 g/mol. The second-order valence-corrected chi connectivity index (χ2v) is 8.89. The van der Waals surface area contributed by atoms with E-state index in [2.05, 4.69) is 16.0 Å². The van der Waals surface area contributed by atoms with Crippen LogP contribution in [0.4, 0.5) is 0 Å². The van der Waals surface area contributed by atoms with Gasteiger partial charge in [-0.3, -0.25) is 19.2 Å². The zero-order valence-electron chi connectivity index (χ0n) is 20.3. The maximum atomic E-state index is 13.0. The van der Waals surface area contributed by atoms with Gasteiger partial charge in [0.05, 0.1) is 18.6 Å². The lowest BCUT2D eigenvalue weighted by atomic mass is 10.0. The van der Waals surface area contributed by atoms with Crippen molar-refractivity contribution >= 4 is 29.7 Å². The van der Waals surface area contributed by atoms with Gasteiger partial charge >= 0.3 is 11.9 Å². The van der Waals surface area contributed by atoms with Crippen molar-refractivity contribution in [2.45, 2.75) is 70.3 Å². The first kappa shape index (κ1) is 30.3. The van der Waals surface area contributed by atoms with Crippen molar-refractivity contribution in [3.05, 3.63) is 29.8 Å². The largest absolute Gasteiger partial charge is 0.508 e. The van der Waals surface area contributed by atoms with E-state index < -0.39 is 66.4 Å². The average Bonchev–Trinajstić information content (AvgIpc) is 2.76. The number of aromatic hydroxyl groups is 1. The van der Waals surface area contributed by atoms with Crippen molar-refractivity contribution in [2.75, 3.05) is 0 Å². The third-order valence-corrected chi connectivity index (χ3v) is 5.12. The van der Waals surface area contributed by atoms with Gasteiger partial charge in [0, 0.05) is 6.42 Å². The Kier molecular flexibility index (Phi) is 11.8. The summed E-state index contributed by atoms with van der Waals surface area (Å²) in [6.45, 7) is 4.76. The Morgan fingerprint density at radius 3 is 1.89 bits per heavy atom. The molecule has 0 saturated carbocycles. The number of nitrogens with two attached hydrogens (primary N) is 1. The highest BCUT2D eigenvalue weighted by Crippen LogP contribution is 2.12. The molecule has 0 fully saturated rings. The summed E-state index contributed by atoms with van der Waals surface area (Å²) in [6.07, 6.45) is -2.09. The number of hydrogen-bond acceptors (Lipinski definition) is 8. The van der Waals surface area contributed by atoms with Crippen LogP contribution in [-0.4, -0.2) is 80.4 Å². The van der Waals surface area contributed by atoms with Crippen LogP contribution in [0.5, 0.6) is 5.75 Å². The fraction of sp³-hybridized carbons (Fsp3) is 0.522. The number of carboxylic acids is 2. The molecule has 13 heteroatoms. The van der Waals surface area contributed by atoms with Gasteiger partial charge in [0.1, 0.15) is 23.9 Å². The fourth-order valence-corrected chi connectivity index (χ4v) is 3.25. The Bertz CT molecular complexity index is 934. The number of benzene rings is 1. The number of hydrogen-bond donors (Lipinski definition) is 8. The number of nitrogens with one attached hydrogen (secondary N) is 3. The molecule has 0 saturated heterocycles. The van der Waals surface area contributed by atoms with Crippen LogP contribution in [0.15, 0.2) is 24.3 Å². The third kappa shape index (κ3) is 10.3. The van der Waals surface area contributed by atoms with Crippen LogP contribution < -0.4 is 21.7 Å². The number of aliphatic carboxylic acids is 2. The van der Waals surface area contributed by atoms with Crippen molar-refractivity contribution in [3.8, 4) is 5.75 Å². The first-order valence-electron chi connectivity index (χ1n) is 11.3. The molecule has 0 aliphatic rings. The number of aliphatic hydroxyl groups is 1. The van der Waals surface area contributed by atoms with E-state index in [4.69, 9.17) is 10.8 Å². The number of phenolic OH excluding ortho intramolecular Hbond substituents is 1. The minimum absolute atomic E-state index is 0.00181. The maximum absolute atomic E-state index is 13.0. The summed E-state index contributed by atoms with van der Waals surface area (Å²) in [7, 11) is 0. The third-order valence-electron chi connectivity index (χ3n) is 5.12. The molecule has 1 aromatic carbocycles. The van der Waals surface area contributed by atoms with Gasteiger partial charge in [0.25, 0.3) is 0 Å². The lowest BCUT2D eigenvalue weighted by Gasteiger charge is -2.27. The van der Waals surface area contributed by atoms with Crippen LogP contribution in [0.25, 0.3) is 0 Å². The highest BCUT2D eigenvalue weighted by Gasteiger charge is 2.33.